The lowest BCUT2D eigenvalue weighted by Gasteiger charge is -2.10. The molecule has 0 spiro atoms. The number of hydrogen-bond donors (Lipinski definition) is 3. The first-order chi connectivity index (χ1) is 9.13. The van der Waals surface area contributed by atoms with Gasteiger partial charge in [-0.2, -0.15) is 0 Å². The third kappa shape index (κ3) is 2.81. The summed E-state index contributed by atoms with van der Waals surface area (Å²) in [7, 11) is 0. The minimum Gasteiger partial charge on any atom is -0.323 e. The van der Waals surface area contributed by atoms with Crippen molar-refractivity contribution >= 4 is 28.9 Å². The quantitative estimate of drug-likeness (QED) is 0.596. The van der Waals surface area contributed by atoms with E-state index in [0.29, 0.717) is 5.69 Å². The third-order valence-corrected chi connectivity index (χ3v) is 2.71. The van der Waals surface area contributed by atoms with E-state index < -0.39 is 11.7 Å². The Labute approximate surface area is 113 Å². The van der Waals surface area contributed by atoms with Crippen molar-refractivity contribution in [3.05, 3.63) is 53.1 Å². The maximum absolute atomic E-state index is 13.7. The number of halogens is 2. The molecular weight excluding hydrogens is 271 g/mol. The Kier molecular flexibility index (Phi) is 3.94. The summed E-state index contributed by atoms with van der Waals surface area (Å²) in [5, 5.41) is 2.34. The van der Waals surface area contributed by atoms with Crippen LogP contribution in [-0.4, -0.2) is 10.9 Å². The van der Waals surface area contributed by atoms with Crippen molar-refractivity contribution < 1.29 is 9.18 Å². The molecule has 5 nitrogen and oxygen atoms in total. The number of carbonyl (C=O) groups is 1. The Balaban J connectivity index is 2.28. The average molecular weight is 281 g/mol. The van der Waals surface area contributed by atoms with Gasteiger partial charge < -0.3 is 10.7 Å². The standard InChI is InChI=1S/C12H10ClFN4O/c13-8-2-1-3-10(11(8)14)17-12(19)7-6-16-5-4-9(7)18-15/h1-6H,15H2,(H,16,18)(H,17,19). The fraction of sp³-hybridized carbons (Fsp3) is 0. The number of nitrogens with one attached hydrogen (secondary N) is 2. The summed E-state index contributed by atoms with van der Waals surface area (Å²) in [6, 6.07) is 5.87. The second-order valence-corrected chi connectivity index (χ2v) is 4.03. The first-order valence-corrected chi connectivity index (χ1v) is 5.67. The van der Waals surface area contributed by atoms with Crippen LogP contribution < -0.4 is 16.6 Å². The molecule has 7 heteroatoms. The minimum absolute atomic E-state index is 0.00988. The lowest BCUT2D eigenvalue weighted by Crippen LogP contribution is -2.18. The highest BCUT2D eigenvalue weighted by Gasteiger charge is 2.14. The third-order valence-electron chi connectivity index (χ3n) is 2.42. The van der Waals surface area contributed by atoms with Gasteiger partial charge in [-0.05, 0) is 18.2 Å². The molecule has 2 rings (SSSR count). The van der Waals surface area contributed by atoms with Crippen LogP contribution in [0.2, 0.25) is 5.02 Å². The van der Waals surface area contributed by atoms with Crippen LogP contribution in [0, 0.1) is 5.82 Å². The predicted octanol–water partition coefficient (Wildman–Crippen LogP) is 2.41. The molecule has 2 aromatic rings. The van der Waals surface area contributed by atoms with Crippen molar-refractivity contribution in [2.24, 2.45) is 5.84 Å². The molecule has 98 valence electrons. The molecule has 1 heterocycles. The molecule has 1 amide bonds. The molecule has 0 atom stereocenters. The first-order valence-electron chi connectivity index (χ1n) is 5.29. The van der Waals surface area contributed by atoms with Gasteiger partial charge in [-0.1, -0.05) is 17.7 Å². The zero-order chi connectivity index (χ0) is 13.8. The van der Waals surface area contributed by atoms with Crippen molar-refractivity contribution in [2.75, 3.05) is 10.7 Å². The number of benzene rings is 1. The van der Waals surface area contributed by atoms with E-state index in [9.17, 15) is 9.18 Å². The van der Waals surface area contributed by atoms with Gasteiger partial charge in [0.1, 0.15) is 0 Å². The van der Waals surface area contributed by atoms with E-state index in [1.807, 2.05) is 0 Å². The zero-order valence-electron chi connectivity index (χ0n) is 9.65. The second-order valence-electron chi connectivity index (χ2n) is 3.62. The Morgan fingerprint density at radius 3 is 2.84 bits per heavy atom. The fourth-order valence-electron chi connectivity index (χ4n) is 1.49. The maximum atomic E-state index is 13.7. The van der Waals surface area contributed by atoms with Crippen molar-refractivity contribution in [1.82, 2.24) is 4.98 Å². The van der Waals surface area contributed by atoms with Crippen LogP contribution >= 0.6 is 11.6 Å². The van der Waals surface area contributed by atoms with Gasteiger partial charge in [0, 0.05) is 12.4 Å². The monoisotopic (exact) mass is 280 g/mol. The van der Waals surface area contributed by atoms with Crippen LogP contribution in [0.5, 0.6) is 0 Å². The molecule has 0 saturated heterocycles. The van der Waals surface area contributed by atoms with E-state index in [-0.39, 0.29) is 16.3 Å². The molecule has 1 aromatic heterocycles. The van der Waals surface area contributed by atoms with E-state index in [2.05, 4.69) is 15.7 Å². The molecular formula is C12H10ClFN4O. The molecule has 0 saturated carbocycles. The number of nitrogen functional groups attached to an aromatic ring is 1. The van der Waals surface area contributed by atoms with Crippen LogP contribution in [0.4, 0.5) is 15.8 Å². The molecule has 4 N–H and O–H groups in total. The molecule has 0 aliphatic rings. The lowest BCUT2D eigenvalue weighted by atomic mass is 10.2. The van der Waals surface area contributed by atoms with Gasteiger partial charge in [-0.25, -0.2) is 4.39 Å². The van der Waals surface area contributed by atoms with E-state index >= 15 is 0 Å². The van der Waals surface area contributed by atoms with Gasteiger partial charge in [-0.3, -0.25) is 15.6 Å². The highest BCUT2D eigenvalue weighted by Crippen LogP contribution is 2.23. The summed E-state index contributed by atoms with van der Waals surface area (Å²) < 4.78 is 13.7. The molecule has 0 aliphatic heterocycles. The molecule has 0 bridgehead atoms. The second kappa shape index (κ2) is 5.64. The number of pyridine rings is 1. The predicted molar refractivity (Wildman–Crippen MR) is 71.4 cm³/mol. The Morgan fingerprint density at radius 1 is 1.32 bits per heavy atom. The molecule has 0 unspecified atom stereocenters. The summed E-state index contributed by atoms with van der Waals surface area (Å²) >= 11 is 5.63. The van der Waals surface area contributed by atoms with Gasteiger partial charge in [0.25, 0.3) is 5.91 Å². The Morgan fingerprint density at radius 2 is 2.11 bits per heavy atom. The summed E-state index contributed by atoms with van der Waals surface area (Å²) in [6.45, 7) is 0. The highest BCUT2D eigenvalue weighted by molar-refractivity contribution is 6.31. The summed E-state index contributed by atoms with van der Waals surface area (Å²) in [4.78, 5) is 15.8. The van der Waals surface area contributed by atoms with Crippen molar-refractivity contribution in [3.8, 4) is 0 Å². The van der Waals surface area contributed by atoms with Gasteiger partial charge in [0.15, 0.2) is 5.82 Å². The van der Waals surface area contributed by atoms with E-state index in [1.54, 1.807) is 0 Å². The largest absolute Gasteiger partial charge is 0.323 e. The fourth-order valence-corrected chi connectivity index (χ4v) is 1.67. The summed E-state index contributed by atoms with van der Waals surface area (Å²) in [6.07, 6.45) is 2.80. The molecule has 0 aliphatic carbocycles. The van der Waals surface area contributed by atoms with Crippen molar-refractivity contribution in [3.63, 3.8) is 0 Å². The van der Waals surface area contributed by atoms with Gasteiger partial charge >= 0.3 is 0 Å². The minimum atomic E-state index is -0.691. The SMILES string of the molecule is NNc1ccncc1C(=O)Nc1cccc(Cl)c1F. The molecule has 0 radical (unpaired) electrons. The number of nitrogens with two attached hydrogens (primary N) is 1. The lowest BCUT2D eigenvalue weighted by molar-refractivity contribution is 0.102. The van der Waals surface area contributed by atoms with Crippen LogP contribution in [-0.2, 0) is 0 Å². The number of aromatic nitrogens is 1. The number of hydrazine groups is 1. The van der Waals surface area contributed by atoms with E-state index in [1.165, 1.54) is 36.7 Å². The zero-order valence-corrected chi connectivity index (χ0v) is 10.4. The number of hydrogen-bond acceptors (Lipinski definition) is 4. The van der Waals surface area contributed by atoms with Crippen molar-refractivity contribution in [2.45, 2.75) is 0 Å². The van der Waals surface area contributed by atoms with Crippen LogP contribution in [0.25, 0.3) is 0 Å². The molecule has 1 aromatic carbocycles. The first kappa shape index (κ1) is 13.3. The van der Waals surface area contributed by atoms with Crippen LogP contribution in [0.15, 0.2) is 36.7 Å². The molecule has 19 heavy (non-hydrogen) atoms. The Bertz CT molecular complexity index is 620. The molecule has 0 fully saturated rings. The smallest absolute Gasteiger partial charge is 0.259 e. The average Bonchev–Trinajstić information content (AvgIpc) is 2.43. The van der Waals surface area contributed by atoms with Crippen molar-refractivity contribution in [1.29, 1.82) is 0 Å². The summed E-state index contributed by atoms with van der Waals surface area (Å²) in [5.41, 5.74) is 2.94. The Hall–Kier alpha value is -2.18. The number of amides is 1. The normalized spacial score (nSPS) is 10.1. The van der Waals surface area contributed by atoms with E-state index in [0.717, 1.165) is 0 Å². The van der Waals surface area contributed by atoms with E-state index in [4.69, 9.17) is 17.4 Å². The van der Waals surface area contributed by atoms with Gasteiger partial charge in [0.2, 0.25) is 0 Å². The van der Waals surface area contributed by atoms with Gasteiger partial charge in [-0.15, -0.1) is 0 Å². The number of carbonyl (C=O) groups excluding carboxylic acids is 1. The number of anilines is 2. The topological polar surface area (TPSA) is 80.0 Å². The maximum Gasteiger partial charge on any atom is 0.259 e. The number of nitrogens with zero attached hydrogens (tertiary/aromatic N) is 1. The van der Waals surface area contributed by atoms with Gasteiger partial charge in [0.05, 0.1) is 22.0 Å². The number of rotatable bonds is 3. The highest BCUT2D eigenvalue weighted by atomic mass is 35.5. The van der Waals surface area contributed by atoms with Crippen LogP contribution in [0.1, 0.15) is 10.4 Å². The summed E-state index contributed by atoms with van der Waals surface area (Å²) in [5.74, 6) is 4.05. The van der Waals surface area contributed by atoms with Crippen LogP contribution in [0.3, 0.4) is 0 Å².